The van der Waals surface area contributed by atoms with Crippen molar-refractivity contribution >= 4 is 17.5 Å². The Morgan fingerprint density at radius 1 is 1.07 bits per heavy atom. The van der Waals surface area contributed by atoms with E-state index in [4.69, 9.17) is 0 Å². The van der Waals surface area contributed by atoms with E-state index in [1.165, 1.54) is 5.56 Å². The number of piperazine rings is 1. The van der Waals surface area contributed by atoms with Gasteiger partial charge in [0.05, 0.1) is 0 Å². The quantitative estimate of drug-likeness (QED) is 0.745. The van der Waals surface area contributed by atoms with E-state index in [0.717, 1.165) is 50.5 Å². The van der Waals surface area contributed by atoms with E-state index in [9.17, 15) is 4.79 Å². The highest BCUT2D eigenvalue weighted by atomic mass is 16.2. The standard InChI is InChI=1S/C20H27N5O.2C2H6/c1-3-19(26)25-13-11-24(12-14-25)10-8-17-5-4-6-18(15-17)23-20-21-9-7-16(2)22-20;2*1-2/h4-7,9,15H,3,8,10-14H2,1-2H3,(H,21,22,23);2*1-2H3. The molecule has 1 amide bonds. The van der Waals surface area contributed by atoms with Gasteiger partial charge in [-0.2, -0.15) is 0 Å². The molecular weight excluding hydrogens is 374 g/mol. The minimum atomic E-state index is 0.266. The largest absolute Gasteiger partial charge is 0.340 e. The molecule has 1 aromatic heterocycles. The summed E-state index contributed by atoms with van der Waals surface area (Å²) in [6.07, 6.45) is 3.35. The molecule has 0 radical (unpaired) electrons. The summed E-state index contributed by atoms with van der Waals surface area (Å²) in [4.78, 5) is 24.8. The molecular formula is C24H39N5O. The van der Waals surface area contributed by atoms with E-state index >= 15 is 0 Å². The van der Waals surface area contributed by atoms with Crippen LogP contribution >= 0.6 is 0 Å². The molecule has 0 atom stereocenters. The third kappa shape index (κ3) is 8.49. The highest BCUT2D eigenvalue weighted by Crippen LogP contribution is 2.16. The van der Waals surface area contributed by atoms with Crippen LogP contribution in [0.15, 0.2) is 36.5 Å². The van der Waals surface area contributed by atoms with Gasteiger partial charge in [0.1, 0.15) is 0 Å². The van der Waals surface area contributed by atoms with Crippen LogP contribution in [-0.4, -0.2) is 58.4 Å². The number of aromatic nitrogens is 2. The van der Waals surface area contributed by atoms with Gasteiger partial charge in [0.15, 0.2) is 0 Å². The number of rotatable bonds is 6. The van der Waals surface area contributed by atoms with Gasteiger partial charge in [-0.25, -0.2) is 9.97 Å². The smallest absolute Gasteiger partial charge is 0.227 e. The Morgan fingerprint density at radius 2 is 1.77 bits per heavy atom. The van der Waals surface area contributed by atoms with Gasteiger partial charge in [-0.1, -0.05) is 46.8 Å². The second kappa shape index (κ2) is 14.5. The number of carbonyl (C=O) groups excluding carboxylic acids is 1. The fraction of sp³-hybridized carbons (Fsp3) is 0.542. The lowest BCUT2D eigenvalue weighted by molar-refractivity contribution is -0.132. The molecule has 0 bridgehead atoms. The van der Waals surface area contributed by atoms with Crippen LogP contribution in [-0.2, 0) is 11.2 Å². The van der Waals surface area contributed by atoms with Crippen LogP contribution < -0.4 is 5.32 Å². The average Bonchev–Trinajstić information content (AvgIpc) is 2.80. The molecule has 1 aliphatic rings. The summed E-state index contributed by atoms with van der Waals surface area (Å²) < 4.78 is 0. The van der Waals surface area contributed by atoms with Crippen molar-refractivity contribution in [2.45, 2.75) is 54.4 Å². The molecule has 0 saturated carbocycles. The van der Waals surface area contributed by atoms with Crippen molar-refractivity contribution in [1.29, 1.82) is 0 Å². The molecule has 1 aromatic carbocycles. The number of hydrogen-bond acceptors (Lipinski definition) is 5. The van der Waals surface area contributed by atoms with Gasteiger partial charge < -0.3 is 10.2 Å². The third-order valence-electron chi connectivity index (χ3n) is 4.72. The van der Waals surface area contributed by atoms with Crippen LogP contribution in [0.2, 0.25) is 0 Å². The van der Waals surface area contributed by atoms with Gasteiger partial charge >= 0.3 is 0 Å². The van der Waals surface area contributed by atoms with Gasteiger partial charge in [-0.15, -0.1) is 0 Å². The molecule has 1 N–H and O–H groups in total. The second-order valence-electron chi connectivity index (χ2n) is 6.67. The zero-order valence-electron chi connectivity index (χ0n) is 19.6. The zero-order valence-corrected chi connectivity index (χ0v) is 19.6. The summed E-state index contributed by atoms with van der Waals surface area (Å²) in [7, 11) is 0. The molecule has 0 unspecified atom stereocenters. The number of carbonyl (C=O) groups is 1. The van der Waals surface area contributed by atoms with Crippen LogP contribution in [0.3, 0.4) is 0 Å². The molecule has 1 fully saturated rings. The first kappa shape index (κ1) is 25.6. The van der Waals surface area contributed by atoms with Crippen LogP contribution in [0.1, 0.15) is 52.3 Å². The molecule has 6 heteroatoms. The van der Waals surface area contributed by atoms with Crippen LogP contribution in [0.25, 0.3) is 0 Å². The molecule has 0 spiro atoms. The summed E-state index contributed by atoms with van der Waals surface area (Å²) >= 11 is 0. The van der Waals surface area contributed by atoms with Gasteiger partial charge in [0.25, 0.3) is 0 Å². The average molecular weight is 414 g/mol. The van der Waals surface area contributed by atoms with Crippen molar-refractivity contribution in [3.63, 3.8) is 0 Å². The lowest BCUT2D eigenvalue weighted by atomic mass is 10.1. The lowest BCUT2D eigenvalue weighted by Crippen LogP contribution is -2.48. The molecule has 30 heavy (non-hydrogen) atoms. The van der Waals surface area contributed by atoms with Crippen molar-refractivity contribution in [2.24, 2.45) is 0 Å². The van der Waals surface area contributed by atoms with E-state index < -0.39 is 0 Å². The minimum absolute atomic E-state index is 0.266. The number of nitrogens with one attached hydrogen (secondary N) is 1. The summed E-state index contributed by atoms with van der Waals surface area (Å²) in [6, 6.07) is 10.3. The topological polar surface area (TPSA) is 61.4 Å². The summed E-state index contributed by atoms with van der Waals surface area (Å²) in [5.74, 6) is 0.889. The highest BCUT2D eigenvalue weighted by Gasteiger charge is 2.19. The second-order valence-corrected chi connectivity index (χ2v) is 6.67. The molecule has 2 aromatic rings. The number of hydrogen-bond donors (Lipinski definition) is 1. The number of benzene rings is 1. The Morgan fingerprint density at radius 3 is 2.40 bits per heavy atom. The van der Waals surface area contributed by atoms with Crippen molar-refractivity contribution in [1.82, 2.24) is 19.8 Å². The number of nitrogens with zero attached hydrogens (tertiary/aromatic N) is 4. The van der Waals surface area contributed by atoms with E-state index in [-0.39, 0.29) is 5.91 Å². The molecule has 2 heterocycles. The van der Waals surface area contributed by atoms with E-state index in [2.05, 4.69) is 38.4 Å². The van der Waals surface area contributed by atoms with Crippen LogP contribution in [0.4, 0.5) is 11.6 Å². The normalized spacial score (nSPS) is 13.5. The summed E-state index contributed by atoms with van der Waals surface area (Å²) in [5.41, 5.74) is 3.24. The predicted molar refractivity (Wildman–Crippen MR) is 126 cm³/mol. The predicted octanol–water partition coefficient (Wildman–Crippen LogP) is 4.68. The monoisotopic (exact) mass is 413 g/mol. The molecule has 1 saturated heterocycles. The first-order chi connectivity index (χ1) is 14.6. The maximum atomic E-state index is 11.8. The highest BCUT2D eigenvalue weighted by molar-refractivity contribution is 5.75. The van der Waals surface area contributed by atoms with Crippen molar-refractivity contribution in [3.8, 4) is 0 Å². The third-order valence-corrected chi connectivity index (χ3v) is 4.72. The SMILES string of the molecule is CC.CC.CCC(=O)N1CCN(CCc2cccc(Nc3nccc(C)n3)c2)CC1. The molecule has 1 aliphatic heterocycles. The Hall–Kier alpha value is -2.47. The van der Waals surface area contributed by atoms with E-state index in [1.807, 2.05) is 58.6 Å². The lowest BCUT2D eigenvalue weighted by Gasteiger charge is -2.34. The first-order valence-electron chi connectivity index (χ1n) is 11.3. The Balaban J connectivity index is 0.00000106. The number of amides is 1. The Bertz CT molecular complexity index is 742. The maximum Gasteiger partial charge on any atom is 0.227 e. The zero-order chi connectivity index (χ0) is 22.4. The maximum absolute atomic E-state index is 11.8. The molecule has 166 valence electrons. The summed E-state index contributed by atoms with van der Waals surface area (Å²) in [6.45, 7) is 16.5. The van der Waals surface area contributed by atoms with Gasteiger partial charge in [-0.3, -0.25) is 9.69 Å². The fourth-order valence-corrected chi connectivity index (χ4v) is 3.17. The van der Waals surface area contributed by atoms with Crippen LogP contribution in [0.5, 0.6) is 0 Å². The van der Waals surface area contributed by atoms with E-state index in [0.29, 0.717) is 12.4 Å². The van der Waals surface area contributed by atoms with Crippen molar-refractivity contribution in [3.05, 3.63) is 47.8 Å². The van der Waals surface area contributed by atoms with Crippen LogP contribution in [0, 0.1) is 6.92 Å². The van der Waals surface area contributed by atoms with Gasteiger partial charge in [0, 0.05) is 56.7 Å². The van der Waals surface area contributed by atoms with Crippen molar-refractivity contribution in [2.75, 3.05) is 38.0 Å². The number of anilines is 2. The summed E-state index contributed by atoms with van der Waals surface area (Å²) in [5, 5.41) is 3.27. The first-order valence-corrected chi connectivity index (χ1v) is 11.3. The minimum Gasteiger partial charge on any atom is -0.340 e. The van der Waals surface area contributed by atoms with Gasteiger partial charge in [0.2, 0.25) is 11.9 Å². The molecule has 3 rings (SSSR count). The Labute approximate surface area is 182 Å². The fourth-order valence-electron chi connectivity index (χ4n) is 3.17. The Kier molecular flexibility index (Phi) is 12.4. The van der Waals surface area contributed by atoms with Gasteiger partial charge in [-0.05, 0) is 37.1 Å². The molecule has 0 aliphatic carbocycles. The number of aryl methyl sites for hydroxylation is 1. The van der Waals surface area contributed by atoms with E-state index in [1.54, 1.807) is 6.20 Å². The van der Waals surface area contributed by atoms with Crippen molar-refractivity contribution < 1.29 is 4.79 Å². The molecule has 6 nitrogen and oxygen atoms in total.